The number of nitrogens with one attached hydrogen (secondary N) is 1. The molecule has 1 saturated heterocycles. The van der Waals surface area contributed by atoms with Crippen LogP contribution >= 0.6 is 12.2 Å². The smallest absolute Gasteiger partial charge is 0.159 e. The molecule has 0 atom stereocenters. The minimum Gasteiger partial charge on any atom is -0.389 e. The zero-order valence-corrected chi connectivity index (χ0v) is 13.3. The van der Waals surface area contributed by atoms with Crippen LogP contribution in [0, 0.1) is 19.8 Å². The molecule has 0 spiro atoms. The van der Waals surface area contributed by atoms with Gasteiger partial charge in [-0.3, -0.25) is 0 Å². The topological polar surface area (TPSA) is 67.1 Å². The summed E-state index contributed by atoms with van der Waals surface area (Å²) < 4.78 is 0. The van der Waals surface area contributed by atoms with Gasteiger partial charge in [0.15, 0.2) is 5.82 Å². The predicted octanol–water partition coefficient (Wildman–Crippen LogP) is 1.48. The van der Waals surface area contributed by atoms with Crippen molar-refractivity contribution in [3.05, 3.63) is 16.8 Å². The average Bonchev–Trinajstić information content (AvgIpc) is 2.41. The van der Waals surface area contributed by atoms with Gasteiger partial charge in [-0.2, -0.15) is 5.10 Å². The summed E-state index contributed by atoms with van der Waals surface area (Å²) in [6, 6.07) is 0. The van der Waals surface area contributed by atoms with Crippen LogP contribution in [0.3, 0.4) is 0 Å². The first-order valence-electron chi connectivity index (χ1n) is 7.05. The zero-order chi connectivity index (χ0) is 14.7. The molecule has 0 unspecified atom stereocenters. The number of aromatic nitrogens is 2. The summed E-state index contributed by atoms with van der Waals surface area (Å²) in [5.74, 6) is 1.40. The first-order chi connectivity index (χ1) is 9.49. The molecule has 2 heterocycles. The number of thiocarbonyl (C=S) groups is 1. The summed E-state index contributed by atoms with van der Waals surface area (Å²) in [5, 5.41) is 11.8. The molecule has 0 amide bonds. The predicted molar refractivity (Wildman–Crippen MR) is 86.1 cm³/mol. The maximum atomic E-state index is 5.83. The molecule has 0 aliphatic carbocycles. The molecule has 2 rings (SSSR count). The van der Waals surface area contributed by atoms with Gasteiger partial charge < -0.3 is 16.0 Å². The Morgan fingerprint density at radius 1 is 1.35 bits per heavy atom. The Hall–Kier alpha value is -1.27. The van der Waals surface area contributed by atoms with E-state index in [1.807, 2.05) is 13.8 Å². The molecule has 1 aromatic rings. The van der Waals surface area contributed by atoms with E-state index in [4.69, 9.17) is 18.0 Å². The Morgan fingerprint density at radius 3 is 2.60 bits per heavy atom. The highest BCUT2D eigenvalue weighted by Gasteiger charge is 2.18. The number of anilines is 1. The minimum absolute atomic E-state index is 0.381. The molecule has 0 saturated carbocycles. The Kier molecular flexibility index (Phi) is 4.88. The number of piperidine rings is 1. The van der Waals surface area contributed by atoms with Crippen LogP contribution in [0.15, 0.2) is 0 Å². The van der Waals surface area contributed by atoms with E-state index in [-0.39, 0.29) is 0 Å². The summed E-state index contributed by atoms with van der Waals surface area (Å²) in [6.07, 6.45) is 2.42. The van der Waals surface area contributed by atoms with E-state index >= 15 is 0 Å². The summed E-state index contributed by atoms with van der Waals surface area (Å²) in [7, 11) is 2.17. The largest absolute Gasteiger partial charge is 0.389 e. The Balaban J connectivity index is 2.06. The van der Waals surface area contributed by atoms with Gasteiger partial charge in [0.2, 0.25) is 0 Å². The number of aryl methyl sites for hydroxylation is 1. The van der Waals surface area contributed by atoms with Crippen LogP contribution in [0.5, 0.6) is 0 Å². The summed E-state index contributed by atoms with van der Waals surface area (Å²) >= 11 is 5.15. The lowest BCUT2D eigenvalue weighted by Gasteiger charge is -2.29. The van der Waals surface area contributed by atoms with Crippen LogP contribution in [-0.4, -0.2) is 46.8 Å². The molecule has 0 aromatic carbocycles. The molecule has 0 radical (unpaired) electrons. The van der Waals surface area contributed by atoms with Crippen LogP contribution in [0.25, 0.3) is 0 Å². The van der Waals surface area contributed by atoms with E-state index in [1.54, 1.807) is 0 Å². The second-order valence-corrected chi connectivity index (χ2v) is 6.07. The van der Waals surface area contributed by atoms with E-state index in [0.717, 1.165) is 42.3 Å². The van der Waals surface area contributed by atoms with Crippen LogP contribution in [0.4, 0.5) is 5.82 Å². The van der Waals surface area contributed by atoms with Crippen LogP contribution in [-0.2, 0) is 0 Å². The highest BCUT2D eigenvalue weighted by molar-refractivity contribution is 7.80. The first-order valence-corrected chi connectivity index (χ1v) is 7.46. The highest BCUT2D eigenvalue weighted by atomic mass is 32.1. The monoisotopic (exact) mass is 293 g/mol. The van der Waals surface area contributed by atoms with E-state index in [1.165, 1.54) is 12.8 Å². The van der Waals surface area contributed by atoms with E-state index in [2.05, 4.69) is 27.5 Å². The van der Waals surface area contributed by atoms with Crippen molar-refractivity contribution in [3.8, 4) is 0 Å². The maximum absolute atomic E-state index is 5.83. The molecule has 5 nitrogen and oxygen atoms in total. The number of hydrogen-bond acceptors (Lipinski definition) is 5. The van der Waals surface area contributed by atoms with Gasteiger partial charge in [-0.05, 0) is 58.3 Å². The van der Waals surface area contributed by atoms with Crippen molar-refractivity contribution in [1.82, 2.24) is 15.1 Å². The van der Waals surface area contributed by atoms with Crippen molar-refractivity contribution in [2.75, 3.05) is 32.0 Å². The van der Waals surface area contributed by atoms with Gasteiger partial charge in [0.1, 0.15) is 4.99 Å². The molecular weight excluding hydrogens is 270 g/mol. The third kappa shape index (κ3) is 3.43. The number of rotatable bonds is 4. The second kappa shape index (κ2) is 6.45. The number of nitrogens with two attached hydrogens (primary N) is 1. The zero-order valence-electron chi connectivity index (χ0n) is 12.4. The highest BCUT2D eigenvalue weighted by Crippen LogP contribution is 2.21. The summed E-state index contributed by atoms with van der Waals surface area (Å²) in [6.45, 7) is 7.13. The molecule has 3 N–H and O–H groups in total. The molecule has 1 aliphatic rings. The van der Waals surface area contributed by atoms with E-state index in [0.29, 0.717) is 10.9 Å². The molecule has 1 aliphatic heterocycles. The summed E-state index contributed by atoms with van der Waals surface area (Å²) in [5.41, 5.74) is 8.55. The number of likely N-dealkylation sites (tertiary alicyclic amines) is 1. The lowest BCUT2D eigenvalue weighted by Crippen LogP contribution is -2.33. The molecule has 20 heavy (non-hydrogen) atoms. The second-order valence-electron chi connectivity index (χ2n) is 5.63. The fraction of sp³-hybridized carbons (Fsp3) is 0.643. The standard InChI is InChI=1S/C14H23N5S/c1-9-10(2)17-18-14(12(9)13(15)20)16-8-11-4-6-19(3)7-5-11/h11H,4-8H2,1-3H3,(H2,15,20)(H,16,18). The van der Waals surface area contributed by atoms with Crippen molar-refractivity contribution in [3.63, 3.8) is 0 Å². The molecule has 6 heteroatoms. The van der Waals surface area contributed by atoms with Crippen LogP contribution in [0.1, 0.15) is 29.7 Å². The molecule has 0 bridgehead atoms. The van der Waals surface area contributed by atoms with Crippen LogP contribution in [0.2, 0.25) is 0 Å². The molecule has 1 aromatic heterocycles. The molecular formula is C14H23N5S. The molecule has 110 valence electrons. The Morgan fingerprint density at radius 2 is 2.00 bits per heavy atom. The lowest BCUT2D eigenvalue weighted by atomic mass is 9.97. The Bertz CT molecular complexity index is 495. The van der Waals surface area contributed by atoms with Gasteiger partial charge >= 0.3 is 0 Å². The van der Waals surface area contributed by atoms with Gasteiger partial charge in [-0.25, -0.2) is 0 Å². The van der Waals surface area contributed by atoms with E-state index in [9.17, 15) is 0 Å². The SMILES string of the molecule is Cc1nnc(NCC2CCN(C)CC2)c(C(N)=S)c1C. The molecule has 1 fully saturated rings. The quantitative estimate of drug-likeness (QED) is 0.820. The number of nitrogens with zero attached hydrogens (tertiary/aromatic N) is 3. The van der Waals surface area contributed by atoms with Crippen molar-refractivity contribution < 1.29 is 0 Å². The first kappa shape index (κ1) is 15.1. The fourth-order valence-corrected chi connectivity index (χ4v) is 2.79. The summed E-state index contributed by atoms with van der Waals surface area (Å²) in [4.78, 5) is 2.75. The van der Waals surface area contributed by atoms with Gasteiger partial charge in [0.05, 0.1) is 11.3 Å². The van der Waals surface area contributed by atoms with E-state index < -0.39 is 0 Å². The lowest BCUT2D eigenvalue weighted by molar-refractivity contribution is 0.226. The number of hydrogen-bond donors (Lipinski definition) is 2. The third-order valence-electron chi connectivity index (χ3n) is 4.10. The van der Waals surface area contributed by atoms with Crippen molar-refractivity contribution in [1.29, 1.82) is 0 Å². The average molecular weight is 293 g/mol. The van der Waals surface area contributed by atoms with Crippen molar-refractivity contribution in [2.45, 2.75) is 26.7 Å². The Labute approximate surface area is 125 Å². The van der Waals surface area contributed by atoms with Crippen LogP contribution < -0.4 is 11.1 Å². The minimum atomic E-state index is 0.381. The van der Waals surface area contributed by atoms with Gasteiger partial charge in [-0.1, -0.05) is 12.2 Å². The maximum Gasteiger partial charge on any atom is 0.159 e. The fourth-order valence-electron chi connectivity index (χ4n) is 2.54. The normalized spacial score (nSPS) is 17.1. The van der Waals surface area contributed by atoms with Gasteiger partial charge in [-0.15, -0.1) is 5.10 Å². The van der Waals surface area contributed by atoms with Crippen molar-refractivity contribution >= 4 is 23.0 Å². The van der Waals surface area contributed by atoms with Gasteiger partial charge in [0, 0.05) is 6.54 Å². The van der Waals surface area contributed by atoms with Crippen molar-refractivity contribution in [2.24, 2.45) is 11.7 Å². The van der Waals surface area contributed by atoms with Gasteiger partial charge in [0.25, 0.3) is 0 Å². The third-order valence-corrected chi connectivity index (χ3v) is 4.30.